The van der Waals surface area contributed by atoms with Gasteiger partial charge in [-0.15, -0.1) is 0 Å². The fourth-order valence-corrected chi connectivity index (χ4v) is 2.72. The zero-order valence-corrected chi connectivity index (χ0v) is 11.0. The van der Waals surface area contributed by atoms with Gasteiger partial charge < -0.3 is 5.73 Å². The van der Waals surface area contributed by atoms with E-state index in [4.69, 9.17) is 28.9 Å². The Bertz CT molecular complexity index is 439. The molecule has 0 heterocycles. The van der Waals surface area contributed by atoms with Gasteiger partial charge in [-0.3, -0.25) is 4.79 Å². The third-order valence-corrected chi connectivity index (χ3v) is 3.94. The van der Waals surface area contributed by atoms with Gasteiger partial charge in [-0.1, -0.05) is 42.5 Å². The maximum absolute atomic E-state index is 12.4. The topological polar surface area (TPSA) is 43.1 Å². The molecule has 0 aliphatic heterocycles. The molecular weight excluding hydrogens is 257 g/mol. The number of Topliss-reactive ketones (excluding diaryl/α,β-unsaturated/α-hetero) is 1. The van der Waals surface area contributed by atoms with Crippen LogP contribution in [0.1, 0.15) is 42.5 Å². The lowest BCUT2D eigenvalue weighted by molar-refractivity contribution is 0.0848. The average molecular weight is 272 g/mol. The van der Waals surface area contributed by atoms with Gasteiger partial charge in [0.2, 0.25) is 0 Å². The fraction of sp³-hybridized carbons (Fsp3) is 0.462. The summed E-state index contributed by atoms with van der Waals surface area (Å²) in [5.41, 5.74) is 5.89. The second kappa shape index (κ2) is 4.97. The molecule has 0 saturated heterocycles. The van der Waals surface area contributed by atoms with E-state index >= 15 is 0 Å². The minimum atomic E-state index is -0.757. The molecular formula is C13H15Cl2NO. The Labute approximate surface area is 111 Å². The summed E-state index contributed by atoms with van der Waals surface area (Å²) < 4.78 is 0. The van der Waals surface area contributed by atoms with Crippen LogP contribution in [-0.2, 0) is 0 Å². The van der Waals surface area contributed by atoms with Crippen molar-refractivity contribution in [2.75, 3.05) is 0 Å². The molecule has 1 aromatic rings. The highest BCUT2D eigenvalue weighted by Crippen LogP contribution is 2.32. The first-order chi connectivity index (χ1) is 8.03. The number of carbonyl (C=O) groups is 1. The summed E-state index contributed by atoms with van der Waals surface area (Å²) >= 11 is 11.9. The van der Waals surface area contributed by atoms with Crippen LogP contribution in [0.25, 0.3) is 0 Å². The van der Waals surface area contributed by atoms with E-state index < -0.39 is 5.54 Å². The number of rotatable bonds is 2. The lowest BCUT2D eigenvalue weighted by Gasteiger charge is -2.32. The highest BCUT2D eigenvalue weighted by molar-refractivity contribution is 6.36. The molecule has 2 N–H and O–H groups in total. The molecule has 1 aliphatic carbocycles. The van der Waals surface area contributed by atoms with Crippen molar-refractivity contribution in [3.8, 4) is 0 Å². The van der Waals surface area contributed by atoms with Gasteiger partial charge in [0.25, 0.3) is 0 Å². The average Bonchev–Trinajstić information content (AvgIpc) is 2.32. The van der Waals surface area contributed by atoms with E-state index in [1.165, 1.54) is 0 Å². The van der Waals surface area contributed by atoms with Crippen LogP contribution in [0.4, 0.5) is 0 Å². The molecule has 0 atom stereocenters. The molecule has 92 valence electrons. The highest BCUT2D eigenvalue weighted by Gasteiger charge is 2.36. The Morgan fingerprint density at radius 2 is 1.82 bits per heavy atom. The maximum Gasteiger partial charge on any atom is 0.184 e. The molecule has 0 bridgehead atoms. The predicted octanol–water partition coefficient (Wildman–Crippen LogP) is 3.84. The fourth-order valence-electron chi connectivity index (χ4n) is 2.35. The number of carbonyl (C=O) groups excluding carboxylic acids is 1. The Morgan fingerprint density at radius 1 is 1.18 bits per heavy atom. The van der Waals surface area contributed by atoms with Crippen molar-refractivity contribution < 1.29 is 4.79 Å². The smallest absolute Gasteiger partial charge is 0.184 e. The summed E-state index contributed by atoms with van der Waals surface area (Å²) in [6.45, 7) is 0. The molecule has 0 aromatic heterocycles. The maximum atomic E-state index is 12.4. The lowest BCUT2D eigenvalue weighted by Crippen LogP contribution is -2.49. The van der Waals surface area contributed by atoms with Gasteiger partial charge in [-0.05, 0) is 31.0 Å². The molecule has 0 amide bonds. The molecule has 1 aliphatic rings. The first kappa shape index (κ1) is 12.9. The second-order valence-corrected chi connectivity index (χ2v) is 5.51. The first-order valence-electron chi connectivity index (χ1n) is 5.82. The SMILES string of the molecule is NC1(C(=O)c2cc(Cl)ccc2Cl)CCCCC1. The van der Waals surface area contributed by atoms with Gasteiger partial charge in [-0.2, -0.15) is 0 Å². The largest absolute Gasteiger partial charge is 0.319 e. The molecule has 0 radical (unpaired) electrons. The van der Waals surface area contributed by atoms with Crippen LogP contribution in [0.3, 0.4) is 0 Å². The summed E-state index contributed by atoms with van der Waals surface area (Å²) in [5, 5.41) is 0.937. The Balaban J connectivity index is 2.32. The monoisotopic (exact) mass is 271 g/mol. The summed E-state index contributed by atoms with van der Waals surface area (Å²) in [5.74, 6) is -0.0790. The van der Waals surface area contributed by atoms with Crippen LogP contribution in [-0.4, -0.2) is 11.3 Å². The van der Waals surface area contributed by atoms with Crippen LogP contribution in [0.5, 0.6) is 0 Å². The molecule has 2 rings (SSSR count). The summed E-state index contributed by atoms with van der Waals surface area (Å²) in [6.07, 6.45) is 4.61. The third-order valence-electron chi connectivity index (χ3n) is 3.37. The van der Waals surface area contributed by atoms with Crippen molar-refractivity contribution in [3.05, 3.63) is 33.8 Å². The summed E-state index contributed by atoms with van der Waals surface area (Å²) in [6, 6.07) is 4.92. The van der Waals surface area contributed by atoms with Crippen molar-refractivity contribution in [2.24, 2.45) is 5.73 Å². The van der Waals surface area contributed by atoms with Gasteiger partial charge in [0.1, 0.15) is 0 Å². The Hall–Kier alpha value is -0.570. The number of hydrogen-bond donors (Lipinski definition) is 1. The van der Waals surface area contributed by atoms with E-state index in [0.29, 0.717) is 15.6 Å². The number of nitrogens with two attached hydrogens (primary N) is 1. The summed E-state index contributed by atoms with van der Waals surface area (Å²) in [7, 11) is 0. The molecule has 1 aromatic carbocycles. The normalized spacial score (nSPS) is 19.0. The van der Waals surface area contributed by atoms with Gasteiger partial charge >= 0.3 is 0 Å². The van der Waals surface area contributed by atoms with Crippen LogP contribution in [0, 0.1) is 0 Å². The molecule has 17 heavy (non-hydrogen) atoms. The number of hydrogen-bond acceptors (Lipinski definition) is 2. The van der Waals surface area contributed by atoms with Crippen LogP contribution >= 0.6 is 23.2 Å². The van der Waals surface area contributed by atoms with Gasteiger partial charge in [-0.25, -0.2) is 0 Å². The van der Waals surface area contributed by atoms with E-state index in [0.717, 1.165) is 32.1 Å². The second-order valence-electron chi connectivity index (χ2n) is 4.67. The molecule has 0 spiro atoms. The predicted molar refractivity (Wildman–Crippen MR) is 70.8 cm³/mol. The van der Waals surface area contributed by atoms with E-state index in [9.17, 15) is 4.79 Å². The quantitative estimate of drug-likeness (QED) is 0.831. The molecule has 1 saturated carbocycles. The van der Waals surface area contributed by atoms with Crippen molar-refractivity contribution in [1.29, 1.82) is 0 Å². The Morgan fingerprint density at radius 3 is 2.47 bits per heavy atom. The Kier molecular flexibility index (Phi) is 3.76. The number of benzene rings is 1. The van der Waals surface area contributed by atoms with Crippen molar-refractivity contribution in [1.82, 2.24) is 0 Å². The lowest BCUT2D eigenvalue weighted by atomic mass is 9.77. The zero-order valence-electron chi connectivity index (χ0n) is 9.51. The van der Waals surface area contributed by atoms with Gasteiger partial charge in [0.05, 0.1) is 10.6 Å². The molecule has 0 unspecified atom stereocenters. The number of ketones is 1. The number of halogens is 2. The van der Waals surface area contributed by atoms with Crippen LogP contribution in [0.2, 0.25) is 10.0 Å². The summed E-state index contributed by atoms with van der Waals surface area (Å²) in [4.78, 5) is 12.4. The molecule has 2 nitrogen and oxygen atoms in total. The zero-order chi connectivity index (χ0) is 12.5. The van der Waals surface area contributed by atoms with Crippen LogP contribution in [0.15, 0.2) is 18.2 Å². The van der Waals surface area contributed by atoms with Crippen LogP contribution < -0.4 is 5.73 Å². The van der Waals surface area contributed by atoms with Crippen molar-refractivity contribution in [3.63, 3.8) is 0 Å². The minimum absolute atomic E-state index is 0.0790. The first-order valence-corrected chi connectivity index (χ1v) is 6.57. The van der Waals surface area contributed by atoms with E-state index in [1.807, 2.05) is 0 Å². The molecule has 1 fully saturated rings. The standard InChI is InChI=1S/C13H15Cl2NO/c14-9-4-5-11(15)10(8-9)12(17)13(16)6-2-1-3-7-13/h4-5,8H,1-3,6-7,16H2. The van der Waals surface area contributed by atoms with E-state index in [1.54, 1.807) is 18.2 Å². The van der Waals surface area contributed by atoms with Crippen molar-refractivity contribution >= 4 is 29.0 Å². The molecule has 4 heteroatoms. The third kappa shape index (κ3) is 2.65. The van der Waals surface area contributed by atoms with E-state index in [2.05, 4.69) is 0 Å². The van der Waals surface area contributed by atoms with Crippen molar-refractivity contribution in [2.45, 2.75) is 37.6 Å². The van der Waals surface area contributed by atoms with Gasteiger partial charge in [0, 0.05) is 10.6 Å². The highest BCUT2D eigenvalue weighted by atomic mass is 35.5. The van der Waals surface area contributed by atoms with Gasteiger partial charge in [0.15, 0.2) is 5.78 Å². The minimum Gasteiger partial charge on any atom is -0.319 e. The van der Waals surface area contributed by atoms with E-state index in [-0.39, 0.29) is 5.78 Å².